The van der Waals surface area contributed by atoms with Crippen LogP contribution in [0.2, 0.25) is 0 Å². The molecular weight excluding hydrogens is 282 g/mol. The van der Waals surface area contributed by atoms with Crippen LogP contribution < -0.4 is 5.32 Å². The van der Waals surface area contributed by atoms with E-state index in [1.165, 1.54) is 0 Å². The maximum Gasteiger partial charge on any atom is 0.180 e. The van der Waals surface area contributed by atoms with Gasteiger partial charge in [-0.3, -0.25) is 0 Å². The summed E-state index contributed by atoms with van der Waals surface area (Å²) >= 11 is 0. The van der Waals surface area contributed by atoms with Crippen LogP contribution in [-0.2, 0) is 9.84 Å². The number of aryl methyl sites for hydroxylation is 2. The predicted molar refractivity (Wildman–Crippen MR) is 86.2 cm³/mol. The molecule has 0 aromatic heterocycles. The Kier molecular flexibility index (Phi) is 4.80. The van der Waals surface area contributed by atoms with Crippen molar-refractivity contribution in [3.05, 3.63) is 65.2 Å². The summed E-state index contributed by atoms with van der Waals surface area (Å²) in [6, 6.07) is 14.9. The van der Waals surface area contributed by atoms with Gasteiger partial charge in [-0.25, -0.2) is 8.42 Å². The van der Waals surface area contributed by atoms with Gasteiger partial charge in [0.2, 0.25) is 0 Å². The van der Waals surface area contributed by atoms with Gasteiger partial charge in [0, 0.05) is 6.04 Å². The summed E-state index contributed by atoms with van der Waals surface area (Å²) in [5.41, 5.74) is 2.94. The van der Waals surface area contributed by atoms with E-state index < -0.39 is 9.84 Å². The van der Waals surface area contributed by atoms with E-state index in [0.717, 1.165) is 16.7 Å². The smallest absolute Gasteiger partial charge is 0.180 e. The third-order valence-corrected chi connectivity index (χ3v) is 5.54. The highest BCUT2D eigenvalue weighted by Gasteiger charge is 2.22. The van der Waals surface area contributed by atoms with Crippen LogP contribution in [-0.4, -0.2) is 21.2 Å². The second kappa shape index (κ2) is 6.41. The molecule has 1 N–H and O–H groups in total. The van der Waals surface area contributed by atoms with Gasteiger partial charge in [0.15, 0.2) is 9.84 Å². The normalized spacial score (nSPS) is 13.1. The first-order valence-corrected chi connectivity index (χ1v) is 8.61. The van der Waals surface area contributed by atoms with Gasteiger partial charge in [0.1, 0.15) is 0 Å². The van der Waals surface area contributed by atoms with E-state index in [2.05, 4.69) is 5.32 Å². The Morgan fingerprint density at radius 3 is 2.19 bits per heavy atom. The topological polar surface area (TPSA) is 46.2 Å². The molecule has 3 nitrogen and oxygen atoms in total. The van der Waals surface area contributed by atoms with Crippen molar-refractivity contribution in [1.82, 2.24) is 5.32 Å². The lowest BCUT2D eigenvalue weighted by molar-refractivity contribution is 0.573. The average molecular weight is 303 g/mol. The molecule has 21 heavy (non-hydrogen) atoms. The largest absolute Gasteiger partial charge is 0.312 e. The molecule has 1 atom stereocenters. The lowest BCUT2D eigenvalue weighted by Gasteiger charge is -2.18. The summed E-state index contributed by atoms with van der Waals surface area (Å²) in [7, 11) is -1.53. The molecule has 2 aromatic rings. The Labute approximate surface area is 126 Å². The van der Waals surface area contributed by atoms with Crippen LogP contribution in [0.25, 0.3) is 0 Å². The summed E-state index contributed by atoms with van der Waals surface area (Å²) in [6.45, 7) is 3.84. The molecule has 2 rings (SSSR count). The molecule has 0 radical (unpaired) electrons. The quantitative estimate of drug-likeness (QED) is 0.923. The second-order valence-corrected chi connectivity index (χ2v) is 7.30. The monoisotopic (exact) mass is 303 g/mol. The van der Waals surface area contributed by atoms with Crippen molar-refractivity contribution in [2.24, 2.45) is 0 Å². The standard InChI is InChI=1S/C17H21NO2S/c1-13-8-10-15(11-9-13)16(18-3)12-21(19,20)17-7-5-4-6-14(17)2/h4-11,16,18H,12H2,1-3H3. The van der Waals surface area contributed by atoms with Crippen LogP contribution in [0.15, 0.2) is 53.4 Å². The second-order valence-electron chi connectivity index (χ2n) is 5.30. The van der Waals surface area contributed by atoms with Gasteiger partial charge in [-0.05, 0) is 38.1 Å². The molecule has 1 unspecified atom stereocenters. The molecule has 4 heteroatoms. The first-order chi connectivity index (χ1) is 9.94. The summed E-state index contributed by atoms with van der Waals surface area (Å²) < 4.78 is 25.2. The van der Waals surface area contributed by atoms with E-state index >= 15 is 0 Å². The molecule has 2 aromatic carbocycles. The van der Waals surface area contributed by atoms with Crippen LogP contribution in [0.5, 0.6) is 0 Å². The fourth-order valence-corrected chi connectivity index (χ4v) is 4.18. The van der Waals surface area contributed by atoms with Crippen LogP contribution in [0, 0.1) is 13.8 Å². The lowest BCUT2D eigenvalue weighted by Crippen LogP contribution is -2.25. The van der Waals surface area contributed by atoms with Gasteiger partial charge in [-0.2, -0.15) is 0 Å². The van der Waals surface area contributed by atoms with Gasteiger partial charge in [-0.1, -0.05) is 48.0 Å². The minimum Gasteiger partial charge on any atom is -0.312 e. The molecule has 0 spiro atoms. The van der Waals surface area contributed by atoms with Crippen molar-refractivity contribution in [3.63, 3.8) is 0 Å². The van der Waals surface area contributed by atoms with Crippen molar-refractivity contribution in [1.29, 1.82) is 0 Å². The number of hydrogen-bond donors (Lipinski definition) is 1. The first-order valence-electron chi connectivity index (χ1n) is 6.96. The Morgan fingerprint density at radius 2 is 1.62 bits per heavy atom. The Morgan fingerprint density at radius 1 is 1.00 bits per heavy atom. The van der Waals surface area contributed by atoms with Crippen molar-refractivity contribution < 1.29 is 8.42 Å². The molecular formula is C17H21NO2S. The Hall–Kier alpha value is -1.65. The number of rotatable bonds is 5. The number of sulfone groups is 1. The highest BCUT2D eigenvalue weighted by Crippen LogP contribution is 2.22. The Bertz CT molecular complexity index is 706. The molecule has 0 bridgehead atoms. The zero-order valence-corrected chi connectivity index (χ0v) is 13.4. The van der Waals surface area contributed by atoms with Crippen LogP contribution in [0.3, 0.4) is 0 Å². The molecule has 0 saturated heterocycles. The van der Waals surface area contributed by atoms with Crippen LogP contribution in [0.4, 0.5) is 0 Å². The third kappa shape index (κ3) is 3.71. The Balaban J connectivity index is 2.30. The van der Waals surface area contributed by atoms with Gasteiger partial charge in [-0.15, -0.1) is 0 Å². The van der Waals surface area contributed by atoms with Crippen LogP contribution in [0.1, 0.15) is 22.7 Å². The molecule has 0 aliphatic carbocycles. The van der Waals surface area contributed by atoms with E-state index in [-0.39, 0.29) is 11.8 Å². The molecule has 0 aliphatic rings. The highest BCUT2D eigenvalue weighted by molar-refractivity contribution is 7.91. The average Bonchev–Trinajstić information content (AvgIpc) is 2.46. The SMILES string of the molecule is CNC(CS(=O)(=O)c1ccccc1C)c1ccc(C)cc1. The molecule has 0 aliphatic heterocycles. The van der Waals surface area contributed by atoms with Crippen molar-refractivity contribution in [2.75, 3.05) is 12.8 Å². The van der Waals surface area contributed by atoms with E-state index in [4.69, 9.17) is 0 Å². The van der Waals surface area contributed by atoms with Gasteiger partial charge in [0.05, 0.1) is 10.6 Å². The molecule has 0 amide bonds. The van der Waals surface area contributed by atoms with E-state index in [1.54, 1.807) is 19.2 Å². The summed E-state index contributed by atoms with van der Waals surface area (Å²) in [5.74, 6) is 0.0530. The zero-order valence-electron chi connectivity index (χ0n) is 12.6. The molecule has 0 heterocycles. The maximum absolute atomic E-state index is 12.6. The molecule has 0 saturated carbocycles. The van der Waals surface area contributed by atoms with Gasteiger partial charge in [0.25, 0.3) is 0 Å². The minimum absolute atomic E-state index is 0.0530. The fourth-order valence-electron chi connectivity index (χ4n) is 2.36. The summed E-state index contributed by atoms with van der Waals surface area (Å²) in [4.78, 5) is 0.414. The van der Waals surface area contributed by atoms with E-state index in [0.29, 0.717) is 4.90 Å². The summed E-state index contributed by atoms with van der Waals surface area (Å²) in [5, 5.41) is 3.10. The zero-order chi connectivity index (χ0) is 15.5. The van der Waals surface area contributed by atoms with E-state index in [9.17, 15) is 8.42 Å². The third-order valence-electron chi connectivity index (χ3n) is 3.64. The van der Waals surface area contributed by atoms with Crippen molar-refractivity contribution in [2.45, 2.75) is 24.8 Å². The van der Waals surface area contributed by atoms with Crippen LogP contribution >= 0.6 is 0 Å². The number of nitrogens with one attached hydrogen (secondary N) is 1. The minimum atomic E-state index is -3.32. The fraction of sp³-hybridized carbons (Fsp3) is 0.294. The summed E-state index contributed by atoms with van der Waals surface area (Å²) in [6.07, 6.45) is 0. The number of hydrogen-bond acceptors (Lipinski definition) is 3. The maximum atomic E-state index is 12.6. The first kappa shape index (κ1) is 15.7. The lowest BCUT2D eigenvalue weighted by atomic mass is 10.1. The van der Waals surface area contributed by atoms with Gasteiger partial charge >= 0.3 is 0 Å². The van der Waals surface area contributed by atoms with Crippen molar-refractivity contribution in [3.8, 4) is 0 Å². The van der Waals surface area contributed by atoms with Gasteiger partial charge < -0.3 is 5.32 Å². The predicted octanol–water partition coefficient (Wildman–Crippen LogP) is 3.04. The number of benzene rings is 2. The molecule has 0 fully saturated rings. The highest BCUT2D eigenvalue weighted by atomic mass is 32.2. The van der Waals surface area contributed by atoms with E-state index in [1.807, 2.05) is 50.2 Å². The van der Waals surface area contributed by atoms with Crippen molar-refractivity contribution >= 4 is 9.84 Å². The molecule has 112 valence electrons.